The fourth-order valence-corrected chi connectivity index (χ4v) is 1.87. The predicted octanol–water partition coefficient (Wildman–Crippen LogP) is -0.0262. The third-order valence-electron chi connectivity index (χ3n) is 1.62. The van der Waals surface area contributed by atoms with Crippen LogP contribution < -0.4 is 5.32 Å². The average Bonchev–Trinajstić information content (AvgIpc) is 1.88. The Balaban J connectivity index is 2.56. The second-order valence-electron chi connectivity index (χ2n) is 2.45. The summed E-state index contributed by atoms with van der Waals surface area (Å²) in [6, 6.07) is 0. The summed E-state index contributed by atoms with van der Waals surface area (Å²) in [6.07, 6.45) is 2.39. The smallest absolute Gasteiger partial charge is 0.281 e. The molecule has 1 heterocycles. The van der Waals surface area contributed by atoms with Crippen molar-refractivity contribution in [2.45, 2.75) is 24.6 Å². The molecule has 0 amide bonds. The van der Waals surface area contributed by atoms with E-state index in [0.29, 0.717) is 13.0 Å². The maximum atomic E-state index is 10.5. The molecule has 4 nitrogen and oxygen atoms in total. The molecule has 0 spiro atoms. The van der Waals surface area contributed by atoms with Gasteiger partial charge >= 0.3 is 0 Å². The van der Waals surface area contributed by atoms with E-state index in [9.17, 15) is 8.42 Å². The first-order valence-corrected chi connectivity index (χ1v) is 4.81. The lowest BCUT2D eigenvalue weighted by molar-refractivity contribution is 0.410. The summed E-state index contributed by atoms with van der Waals surface area (Å²) in [6.45, 7) is 0.685. The SMILES string of the molecule is O=S(=O)(O)[C@@H]1CCCCN1. The van der Waals surface area contributed by atoms with Gasteiger partial charge in [-0.25, -0.2) is 0 Å². The highest BCUT2D eigenvalue weighted by Gasteiger charge is 2.23. The van der Waals surface area contributed by atoms with Gasteiger partial charge in [-0.3, -0.25) is 9.87 Å². The van der Waals surface area contributed by atoms with Crippen molar-refractivity contribution >= 4 is 10.1 Å². The van der Waals surface area contributed by atoms with Crippen LogP contribution in [0.3, 0.4) is 0 Å². The van der Waals surface area contributed by atoms with Crippen LogP contribution in [0.25, 0.3) is 0 Å². The number of hydrogen-bond acceptors (Lipinski definition) is 3. The number of hydrogen-bond donors (Lipinski definition) is 2. The van der Waals surface area contributed by atoms with Crippen LogP contribution >= 0.6 is 0 Å². The van der Waals surface area contributed by atoms with Crippen LogP contribution in [0, 0.1) is 0 Å². The zero-order valence-electron chi connectivity index (χ0n) is 5.58. The van der Waals surface area contributed by atoms with Gasteiger partial charge < -0.3 is 0 Å². The van der Waals surface area contributed by atoms with Crippen LogP contribution in [0.2, 0.25) is 0 Å². The Bertz CT molecular complexity index is 193. The van der Waals surface area contributed by atoms with E-state index in [1.807, 2.05) is 0 Å². The van der Waals surface area contributed by atoms with E-state index >= 15 is 0 Å². The molecular formula is C5H11NO3S. The van der Waals surface area contributed by atoms with Gasteiger partial charge in [0.2, 0.25) is 0 Å². The topological polar surface area (TPSA) is 66.4 Å². The summed E-state index contributed by atoms with van der Waals surface area (Å²) in [7, 11) is -3.84. The Kier molecular flexibility index (Phi) is 2.28. The van der Waals surface area contributed by atoms with Crippen LogP contribution in [-0.4, -0.2) is 24.9 Å². The molecule has 0 saturated carbocycles. The molecule has 1 aliphatic rings. The van der Waals surface area contributed by atoms with Gasteiger partial charge in [-0.1, -0.05) is 0 Å². The Labute approximate surface area is 60.4 Å². The molecule has 0 aliphatic carbocycles. The summed E-state index contributed by atoms with van der Waals surface area (Å²) in [5, 5.41) is 2.00. The normalized spacial score (nSPS) is 28.3. The monoisotopic (exact) mass is 165 g/mol. The third-order valence-corrected chi connectivity index (χ3v) is 2.75. The zero-order valence-corrected chi connectivity index (χ0v) is 6.39. The van der Waals surface area contributed by atoms with E-state index in [2.05, 4.69) is 5.32 Å². The minimum atomic E-state index is -3.84. The highest BCUT2D eigenvalue weighted by molar-refractivity contribution is 7.86. The highest BCUT2D eigenvalue weighted by atomic mass is 32.2. The first-order valence-electron chi connectivity index (χ1n) is 3.30. The fraction of sp³-hybridized carbons (Fsp3) is 1.00. The minimum Gasteiger partial charge on any atom is -0.299 e. The Morgan fingerprint density at radius 1 is 1.40 bits per heavy atom. The van der Waals surface area contributed by atoms with Gasteiger partial charge in [0.05, 0.1) is 0 Å². The van der Waals surface area contributed by atoms with E-state index in [-0.39, 0.29) is 0 Å². The molecule has 1 rings (SSSR count). The molecule has 10 heavy (non-hydrogen) atoms. The summed E-state index contributed by atoms with van der Waals surface area (Å²) in [5.41, 5.74) is 0. The van der Waals surface area contributed by atoms with Crippen LogP contribution in [0.1, 0.15) is 19.3 Å². The standard InChI is InChI=1S/C5H11NO3S/c7-10(8,9)5-3-1-2-4-6-5/h5-6H,1-4H2,(H,7,8,9)/t5-/m1/s1. The van der Waals surface area contributed by atoms with E-state index in [1.165, 1.54) is 0 Å². The number of piperidine rings is 1. The van der Waals surface area contributed by atoms with Crippen molar-refractivity contribution in [3.8, 4) is 0 Å². The molecule has 0 aromatic carbocycles. The zero-order chi connectivity index (χ0) is 7.61. The summed E-state index contributed by atoms with van der Waals surface area (Å²) in [4.78, 5) is 0. The average molecular weight is 165 g/mol. The molecule has 60 valence electrons. The molecule has 1 fully saturated rings. The largest absolute Gasteiger partial charge is 0.299 e. The predicted molar refractivity (Wildman–Crippen MR) is 37.2 cm³/mol. The van der Waals surface area contributed by atoms with Gasteiger partial charge in [-0.15, -0.1) is 0 Å². The Morgan fingerprint density at radius 3 is 2.40 bits per heavy atom. The van der Waals surface area contributed by atoms with Crippen molar-refractivity contribution in [1.82, 2.24) is 5.32 Å². The van der Waals surface area contributed by atoms with Crippen LogP contribution in [-0.2, 0) is 10.1 Å². The number of rotatable bonds is 1. The summed E-state index contributed by atoms with van der Waals surface area (Å²) in [5.74, 6) is 0. The highest BCUT2D eigenvalue weighted by Crippen LogP contribution is 2.10. The maximum absolute atomic E-state index is 10.5. The molecule has 0 unspecified atom stereocenters. The van der Waals surface area contributed by atoms with Crippen molar-refractivity contribution in [3.05, 3.63) is 0 Å². The quantitative estimate of drug-likeness (QED) is 0.536. The molecular weight excluding hydrogens is 154 g/mol. The van der Waals surface area contributed by atoms with Gasteiger partial charge in [-0.2, -0.15) is 8.42 Å². The Hall–Kier alpha value is -0.130. The van der Waals surface area contributed by atoms with Crippen molar-refractivity contribution < 1.29 is 13.0 Å². The number of nitrogens with one attached hydrogen (secondary N) is 1. The van der Waals surface area contributed by atoms with Crippen LogP contribution in [0.15, 0.2) is 0 Å². The lowest BCUT2D eigenvalue weighted by Gasteiger charge is -2.19. The van der Waals surface area contributed by atoms with Gasteiger partial charge in [0.15, 0.2) is 0 Å². The molecule has 1 atom stereocenters. The van der Waals surface area contributed by atoms with E-state index in [0.717, 1.165) is 12.8 Å². The molecule has 5 heteroatoms. The summed E-state index contributed by atoms with van der Waals surface area (Å²) >= 11 is 0. The van der Waals surface area contributed by atoms with Gasteiger partial charge in [0.25, 0.3) is 10.1 Å². The molecule has 0 aromatic heterocycles. The maximum Gasteiger partial charge on any atom is 0.281 e. The first-order chi connectivity index (χ1) is 4.61. The summed E-state index contributed by atoms with van der Waals surface area (Å²) < 4.78 is 29.5. The van der Waals surface area contributed by atoms with Crippen LogP contribution in [0.5, 0.6) is 0 Å². The molecule has 0 bridgehead atoms. The second-order valence-corrected chi connectivity index (χ2v) is 4.05. The fourth-order valence-electron chi connectivity index (χ4n) is 1.07. The molecule has 2 N–H and O–H groups in total. The molecule has 0 aromatic rings. The van der Waals surface area contributed by atoms with E-state index in [1.54, 1.807) is 0 Å². The van der Waals surface area contributed by atoms with E-state index < -0.39 is 15.5 Å². The molecule has 1 saturated heterocycles. The molecule has 0 radical (unpaired) electrons. The van der Waals surface area contributed by atoms with Crippen molar-refractivity contribution in [1.29, 1.82) is 0 Å². The molecule has 1 aliphatic heterocycles. The van der Waals surface area contributed by atoms with Gasteiger partial charge in [0.1, 0.15) is 5.37 Å². The van der Waals surface area contributed by atoms with Crippen molar-refractivity contribution in [2.75, 3.05) is 6.54 Å². The van der Waals surface area contributed by atoms with E-state index in [4.69, 9.17) is 4.55 Å². The third kappa shape index (κ3) is 1.93. The second kappa shape index (κ2) is 2.86. The van der Waals surface area contributed by atoms with Crippen molar-refractivity contribution in [2.24, 2.45) is 0 Å². The van der Waals surface area contributed by atoms with Crippen molar-refractivity contribution in [3.63, 3.8) is 0 Å². The first kappa shape index (κ1) is 7.97. The van der Waals surface area contributed by atoms with Gasteiger partial charge in [-0.05, 0) is 25.8 Å². The van der Waals surface area contributed by atoms with Crippen LogP contribution in [0.4, 0.5) is 0 Å². The Morgan fingerprint density at radius 2 is 2.10 bits per heavy atom. The lowest BCUT2D eigenvalue weighted by atomic mass is 10.2. The van der Waals surface area contributed by atoms with Gasteiger partial charge in [0, 0.05) is 0 Å². The minimum absolute atomic E-state index is 0.527. The lowest BCUT2D eigenvalue weighted by Crippen LogP contribution is -2.39.